The predicted octanol–water partition coefficient (Wildman–Crippen LogP) is 7.27. The Labute approximate surface area is 269 Å². The minimum atomic E-state index is -1.51. The number of hydrogen-bond acceptors (Lipinski definition) is 8. The minimum Gasteiger partial charge on any atom is -0.466 e. The first-order chi connectivity index (χ1) is 22.5. The number of ether oxygens (including phenoxy) is 2. The molecule has 232 valence electrons. The first-order valence-corrected chi connectivity index (χ1v) is 15.3. The Morgan fingerprint density at radius 3 is 1.76 bits per heavy atom. The molecule has 4 aromatic carbocycles. The van der Waals surface area contributed by atoms with Crippen molar-refractivity contribution in [1.82, 2.24) is 0 Å². The van der Waals surface area contributed by atoms with Crippen LogP contribution in [-0.2, 0) is 19.1 Å². The summed E-state index contributed by atoms with van der Waals surface area (Å²) in [5.74, 6) is -0.451. The second-order valence-electron chi connectivity index (χ2n) is 11.0. The Kier molecular flexibility index (Phi) is 8.44. The quantitative estimate of drug-likeness (QED) is 0.153. The lowest BCUT2D eigenvalue weighted by Crippen LogP contribution is -2.61. The molecule has 1 spiro atoms. The number of hydrogen-bond donors (Lipinski definition) is 0. The van der Waals surface area contributed by atoms with Gasteiger partial charge in [0.15, 0.2) is 5.84 Å². The number of allylic oxidation sites excluding steroid dienone is 1. The lowest BCUT2D eigenvalue weighted by atomic mass is 9.90. The molecule has 4 aromatic rings. The number of para-hydroxylation sites is 3. The maximum atomic E-state index is 14.5. The van der Waals surface area contributed by atoms with Crippen molar-refractivity contribution in [3.8, 4) is 0 Å². The molecule has 0 radical (unpaired) electrons. The molecule has 2 aliphatic heterocycles. The summed E-state index contributed by atoms with van der Waals surface area (Å²) < 4.78 is 11.0. The fourth-order valence-corrected chi connectivity index (χ4v) is 6.46. The van der Waals surface area contributed by atoms with Crippen molar-refractivity contribution >= 4 is 34.8 Å². The molecule has 0 aromatic heterocycles. The van der Waals surface area contributed by atoms with E-state index in [9.17, 15) is 9.59 Å². The molecular formula is C38H36N4O4. The summed E-state index contributed by atoms with van der Waals surface area (Å²) in [5, 5.41) is 7.21. The molecule has 0 amide bonds. The average Bonchev–Trinajstić information content (AvgIpc) is 3.61. The maximum Gasteiger partial charge on any atom is 0.340 e. The van der Waals surface area contributed by atoms with Crippen LogP contribution in [0.5, 0.6) is 0 Å². The molecule has 6 rings (SSSR count). The van der Waals surface area contributed by atoms with Gasteiger partial charge in [-0.25, -0.2) is 14.6 Å². The van der Waals surface area contributed by atoms with Crippen LogP contribution in [-0.4, -0.2) is 37.7 Å². The third-order valence-corrected chi connectivity index (χ3v) is 8.28. The van der Waals surface area contributed by atoms with Crippen molar-refractivity contribution in [3.63, 3.8) is 0 Å². The van der Waals surface area contributed by atoms with Gasteiger partial charge in [0.25, 0.3) is 0 Å². The van der Waals surface area contributed by atoms with Crippen LogP contribution < -0.4 is 14.8 Å². The monoisotopic (exact) mass is 612 g/mol. The van der Waals surface area contributed by atoms with E-state index in [0.717, 1.165) is 29.0 Å². The SMILES string of the molecule is CCCC1=C(C(=O)OC)C2(C(=C(C)C(=O)OC)N1c1ccccc1)N(c1ccccc1)N=C(c1ccccc1)N2c1ccccc1. The number of methoxy groups -OCH3 is 2. The van der Waals surface area contributed by atoms with Gasteiger partial charge in [-0.2, -0.15) is 5.10 Å². The molecule has 0 fully saturated rings. The zero-order valence-electron chi connectivity index (χ0n) is 26.4. The zero-order chi connectivity index (χ0) is 32.3. The summed E-state index contributed by atoms with van der Waals surface area (Å²) in [6.45, 7) is 3.81. The molecule has 46 heavy (non-hydrogen) atoms. The van der Waals surface area contributed by atoms with Crippen molar-refractivity contribution < 1.29 is 19.1 Å². The number of carbonyl (C=O) groups excluding carboxylic acids is 2. The number of benzene rings is 4. The van der Waals surface area contributed by atoms with Crippen molar-refractivity contribution in [1.29, 1.82) is 0 Å². The van der Waals surface area contributed by atoms with Gasteiger partial charge in [-0.1, -0.05) is 98.3 Å². The number of carbonyl (C=O) groups is 2. The van der Waals surface area contributed by atoms with E-state index in [-0.39, 0.29) is 0 Å². The van der Waals surface area contributed by atoms with E-state index < -0.39 is 17.6 Å². The molecule has 0 saturated heterocycles. The van der Waals surface area contributed by atoms with Crippen molar-refractivity contribution in [3.05, 3.63) is 149 Å². The first kappa shape index (κ1) is 30.4. The number of amidine groups is 1. The maximum absolute atomic E-state index is 14.5. The summed E-state index contributed by atoms with van der Waals surface area (Å²) >= 11 is 0. The van der Waals surface area contributed by atoms with Crippen LogP contribution >= 0.6 is 0 Å². The molecule has 8 heteroatoms. The highest BCUT2D eigenvalue weighted by atomic mass is 16.5. The summed E-state index contributed by atoms with van der Waals surface area (Å²) in [5.41, 5.74) is 3.52. The molecule has 2 heterocycles. The highest BCUT2D eigenvalue weighted by Crippen LogP contribution is 2.56. The largest absolute Gasteiger partial charge is 0.466 e. The van der Waals surface area contributed by atoms with E-state index in [0.29, 0.717) is 34.8 Å². The molecule has 0 N–H and O–H groups in total. The van der Waals surface area contributed by atoms with Gasteiger partial charge in [-0.15, -0.1) is 0 Å². The normalized spacial score (nSPS) is 18.6. The Bertz CT molecular complexity index is 1820. The van der Waals surface area contributed by atoms with Crippen molar-refractivity contribution in [2.45, 2.75) is 32.4 Å². The number of nitrogens with zero attached hydrogens (tertiary/aromatic N) is 4. The molecule has 1 unspecified atom stereocenters. The van der Waals surface area contributed by atoms with E-state index in [2.05, 4.69) is 11.8 Å². The van der Waals surface area contributed by atoms with E-state index in [4.69, 9.17) is 14.6 Å². The topological polar surface area (TPSA) is 74.7 Å². The molecule has 8 nitrogen and oxygen atoms in total. The van der Waals surface area contributed by atoms with Gasteiger partial charge in [0.1, 0.15) is 5.57 Å². The summed E-state index contributed by atoms with van der Waals surface area (Å²) in [7, 11) is 2.76. The summed E-state index contributed by atoms with van der Waals surface area (Å²) in [6.07, 6.45) is 1.24. The summed E-state index contributed by atoms with van der Waals surface area (Å²) in [4.78, 5) is 32.3. The van der Waals surface area contributed by atoms with Gasteiger partial charge in [0.2, 0.25) is 5.66 Å². The molecule has 2 aliphatic rings. The molecule has 0 saturated carbocycles. The van der Waals surface area contributed by atoms with Crippen LogP contribution in [0.4, 0.5) is 17.1 Å². The van der Waals surface area contributed by atoms with Gasteiger partial charge in [-0.05, 0) is 49.7 Å². The van der Waals surface area contributed by atoms with Crippen LogP contribution in [0.2, 0.25) is 0 Å². The smallest absolute Gasteiger partial charge is 0.340 e. The van der Waals surface area contributed by atoms with Crippen LogP contribution in [0.15, 0.2) is 149 Å². The van der Waals surface area contributed by atoms with E-state index in [1.165, 1.54) is 14.2 Å². The Morgan fingerprint density at radius 1 is 0.717 bits per heavy atom. The second-order valence-corrected chi connectivity index (χ2v) is 11.0. The third-order valence-electron chi connectivity index (χ3n) is 8.28. The van der Waals surface area contributed by atoms with Gasteiger partial charge in [-0.3, -0.25) is 4.90 Å². The number of rotatable bonds is 8. The van der Waals surface area contributed by atoms with Gasteiger partial charge in [0, 0.05) is 22.6 Å². The van der Waals surface area contributed by atoms with Crippen LogP contribution in [0.1, 0.15) is 32.3 Å². The molecule has 1 atom stereocenters. The van der Waals surface area contributed by atoms with E-state index in [1.54, 1.807) is 6.92 Å². The number of anilines is 3. The van der Waals surface area contributed by atoms with Crippen LogP contribution in [0, 0.1) is 0 Å². The lowest BCUT2D eigenvalue weighted by molar-refractivity contribution is -0.137. The van der Waals surface area contributed by atoms with E-state index >= 15 is 0 Å². The highest BCUT2D eigenvalue weighted by Gasteiger charge is 2.65. The van der Waals surface area contributed by atoms with E-state index in [1.807, 2.05) is 131 Å². The fraction of sp³-hybridized carbons (Fsp3) is 0.184. The number of hydrazone groups is 1. The molecule has 0 bridgehead atoms. The van der Waals surface area contributed by atoms with Crippen molar-refractivity contribution in [2.75, 3.05) is 29.0 Å². The van der Waals surface area contributed by atoms with Gasteiger partial charge in [0.05, 0.1) is 31.2 Å². The molecular weight excluding hydrogens is 576 g/mol. The minimum absolute atomic E-state index is 0.324. The number of esters is 2. The lowest BCUT2D eigenvalue weighted by Gasteiger charge is -2.45. The van der Waals surface area contributed by atoms with Crippen molar-refractivity contribution in [2.24, 2.45) is 5.10 Å². The standard InChI is InChI=1S/C38H36N4O4/c1-5-18-32-33(37(44)46-4)38(34(27(2)36(43)45-3)40(32)29-21-12-7-13-22-29)41(30-23-14-8-15-24-30)35(28-19-10-6-11-20-28)39-42(38)31-25-16-9-17-26-31/h6-17,19-26H,5,18H2,1-4H3. The van der Waals surface area contributed by atoms with Gasteiger partial charge >= 0.3 is 11.9 Å². The second kappa shape index (κ2) is 12.8. The average molecular weight is 613 g/mol. The molecule has 0 aliphatic carbocycles. The Hall–Kier alpha value is -5.63. The Balaban J connectivity index is 1.85. The highest BCUT2D eigenvalue weighted by molar-refractivity contribution is 6.18. The van der Waals surface area contributed by atoms with Crippen LogP contribution in [0.3, 0.4) is 0 Å². The van der Waals surface area contributed by atoms with Gasteiger partial charge < -0.3 is 14.4 Å². The summed E-state index contributed by atoms with van der Waals surface area (Å²) in [6, 6.07) is 39.1. The van der Waals surface area contributed by atoms with Crippen LogP contribution in [0.25, 0.3) is 0 Å². The zero-order valence-corrected chi connectivity index (χ0v) is 26.4. The fourth-order valence-electron chi connectivity index (χ4n) is 6.46. The first-order valence-electron chi connectivity index (χ1n) is 15.3. The predicted molar refractivity (Wildman–Crippen MR) is 181 cm³/mol. The Morgan fingerprint density at radius 2 is 1.24 bits per heavy atom. The third kappa shape index (κ3) is 4.83.